The van der Waals surface area contributed by atoms with Crippen LogP contribution in [0, 0.1) is 0 Å². The number of hydrogen-bond acceptors (Lipinski definition) is 8. The summed E-state index contributed by atoms with van der Waals surface area (Å²) < 4.78 is 11.6. The molecule has 202 valence electrons. The molecule has 2 aromatic heterocycles. The molecule has 0 aliphatic rings. The number of anilines is 4. The predicted molar refractivity (Wildman–Crippen MR) is 157 cm³/mol. The molecule has 4 N–H and O–H groups in total. The van der Waals surface area contributed by atoms with Crippen molar-refractivity contribution in [3.8, 4) is 11.5 Å². The van der Waals surface area contributed by atoms with Gasteiger partial charge in [-0.3, -0.25) is 14.8 Å². The molecule has 10 heteroatoms. The third-order valence-corrected chi connectivity index (χ3v) is 5.89. The van der Waals surface area contributed by atoms with E-state index in [1.54, 1.807) is 42.7 Å². The third kappa shape index (κ3) is 7.37. The lowest BCUT2D eigenvalue weighted by Crippen LogP contribution is -2.13. The van der Waals surface area contributed by atoms with Gasteiger partial charge >= 0.3 is 0 Å². The number of nitrogens with one attached hydrogen (secondary N) is 2. The first-order chi connectivity index (χ1) is 18.8. The van der Waals surface area contributed by atoms with Crippen LogP contribution in [0.25, 0.3) is 10.9 Å². The monoisotopic (exact) mass is 546 g/mol. The van der Waals surface area contributed by atoms with E-state index in [1.165, 1.54) is 6.08 Å². The number of aromatic nitrogens is 2. The summed E-state index contributed by atoms with van der Waals surface area (Å²) in [6.45, 7) is 3.26. The Bertz CT molecular complexity index is 1480. The number of benzene rings is 2. The summed E-state index contributed by atoms with van der Waals surface area (Å²) in [6.07, 6.45) is 6.58. The van der Waals surface area contributed by atoms with Crippen LogP contribution in [-0.2, 0) is 11.4 Å². The van der Waals surface area contributed by atoms with Crippen molar-refractivity contribution >= 4 is 51.2 Å². The van der Waals surface area contributed by atoms with Crippen molar-refractivity contribution in [1.82, 2.24) is 14.9 Å². The number of fused-ring (bicyclic) bond motifs is 1. The standard InChI is InChI=1S/C29H31ClN6O3/c1-4-38-27-16-24-21(15-25(27)35-28(37)9-7-13-36(2)3)29(23(31)17-33-24)34-19-10-11-26(22(30)14-19)39-18-20-8-5-6-12-32-20/h5-12,14-17H,4,13,18,31H2,1-3H3,(H,33,34)(H,35,37)/b9-7+. The van der Waals surface area contributed by atoms with Crippen LogP contribution in [0.2, 0.25) is 5.02 Å². The lowest BCUT2D eigenvalue weighted by atomic mass is 10.1. The average molecular weight is 547 g/mol. The average Bonchev–Trinajstić information content (AvgIpc) is 2.91. The smallest absolute Gasteiger partial charge is 0.248 e. The number of rotatable bonds is 11. The number of nitrogens with zero attached hydrogens (tertiary/aromatic N) is 3. The Labute approximate surface area is 232 Å². The molecule has 0 saturated carbocycles. The van der Waals surface area contributed by atoms with Crippen molar-refractivity contribution < 1.29 is 14.3 Å². The normalized spacial score (nSPS) is 11.2. The molecule has 0 aliphatic heterocycles. The van der Waals surface area contributed by atoms with Crippen molar-refractivity contribution in [2.45, 2.75) is 13.5 Å². The highest BCUT2D eigenvalue weighted by Crippen LogP contribution is 2.38. The van der Waals surface area contributed by atoms with Gasteiger partial charge in [-0.15, -0.1) is 0 Å². The van der Waals surface area contributed by atoms with E-state index in [2.05, 4.69) is 20.6 Å². The quantitative estimate of drug-likeness (QED) is 0.207. The molecular formula is C29H31ClN6O3. The fraction of sp³-hybridized carbons (Fsp3) is 0.207. The Hall–Kier alpha value is -4.34. The maximum Gasteiger partial charge on any atom is 0.248 e. The second-order valence-electron chi connectivity index (χ2n) is 8.92. The number of carbonyl (C=O) groups excluding carboxylic acids is 1. The van der Waals surface area contributed by atoms with E-state index in [-0.39, 0.29) is 5.91 Å². The van der Waals surface area contributed by atoms with Gasteiger partial charge < -0.3 is 30.7 Å². The van der Waals surface area contributed by atoms with E-state index >= 15 is 0 Å². The maximum absolute atomic E-state index is 12.6. The van der Waals surface area contributed by atoms with Crippen molar-refractivity contribution in [3.63, 3.8) is 0 Å². The summed E-state index contributed by atoms with van der Waals surface area (Å²) >= 11 is 6.52. The number of halogens is 1. The molecule has 0 unspecified atom stereocenters. The highest BCUT2D eigenvalue weighted by molar-refractivity contribution is 6.32. The van der Waals surface area contributed by atoms with E-state index in [4.69, 9.17) is 26.8 Å². The Morgan fingerprint density at radius 2 is 1.95 bits per heavy atom. The second kappa shape index (κ2) is 12.9. The molecule has 39 heavy (non-hydrogen) atoms. The molecule has 4 aromatic rings. The number of amides is 1. The van der Waals surface area contributed by atoms with Gasteiger partial charge in [0, 0.05) is 36.0 Å². The summed E-state index contributed by atoms with van der Waals surface area (Å²) in [5, 5.41) is 7.39. The van der Waals surface area contributed by atoms with Gasteiger partial charge in [0.15, 0.2) is 0 Å². The molecule has 9 nitrogen and oxygen atoms in total. The van der Waals surface area contributed by atoms with Gasteiger partial charge in [0.1, 0.15) is 18.1 Å². The Morgan fingerprint density at radius 3 is 2.67 bits per heavy atom. The minimum atomic E-state index is -0.267. The predicted octanol–water partition coefficient (Wildman–Crippen LogP) is 5.64. The van der Waals surface area contributed by atoms with Crippen molar-refractivity contribution in [2.75, 3.05) is 43.6 Å². The number of likely N-dealkylation sites (N-methyl/N-ethyl adjacent to an activating group) is 1. The molecule has 0 radical (unpaired) electrons. The van der Waals surface area contributed by atoms with E-state index in [0.717, 1.165) is 5.69 Å². The van der Waals surface area contributed by atoms with Crippen LogP contribution in [0.4, 0.5) is 22.7 Å². The Kier molecular flexibility index (Phi) is 9.19. The van der Waals surface area contributed by atoms with E-state index in [0.29, 0.717) is 69.9 Å². The summed E-state index contributed by atoms with van der Waals surface area (Å²) in [7, 11) is 3.86. The Morgan fingerprint density at radius 1 is 1.10 bits per heavy atom. The first kappa shape index (κ1) is 27.7. The number of nitrogens with two attached hydrogens (primary N) is 1. The molecule has 4 rings (SSSR count). The van der Waals surface area contributed by atoms with Gasteiger partial charge in [-0.2, -0.15) is 0 Å². The van der Waals surface area contributed by atoms with Crippen LogP contribution >= 0.6 is 11.6 Å². The first-order valence-corrected chi connectivity index (χ1v) is 12.8. The summed E-state index contributed by atoms with van der Waals surface area (Å²) in [5.41, 5.74) is 10.1. The maximum atomic E-state index is 12.6. The molecule has 2 heterocycles. The van der Waals surface area contributed by atoms with E-state index in [9.17, 15) is 4.79 Å². The lowest BCUT2D eigenvalue weighted by molar-refractivity contribution is -0.111. The Balaban J connectivity index is 1.60. The number of pyridine rings is 2. The molecule has 0 fully saturated rings. The molecule has 0 spiro atoms. The number of hydrogen-bond donors (Lipinski definition) is 3. The van der Waals surface area contributed by atoms with E-state index < -0.39 is 0 Å². The van der Waals surface area contributed by atoms with Crippen LogP contribution in [0.15, 0.2) is 73.1 Å². The first-order valence-electron chi connectivity index (χ1n) is 12.4. The highest BCUT2D eigenvalue weighted by atomic mass is 35.5. The van der Waals surface area contributed by atoms with E-state index in [1.807, 2.05) is 50.2 Å². The largest absolute Gasteiger partial charge is 0.492 e. The highest BCUT2D eigenvalue weighted by Gasteiger charge is 2.15. The van der Waals surface area contributed by atoms with Crippen molar-refractivity contribution in [1.29, 1.82) is 0 Å². The topological polar surface area (TPSA) is 115 Å². The van der Waals surface area contributed by atoms with Gasteiger partial charge in [0.2, 0.25) is 5.91 Å². The van der Waals surface area contributed by atoms with Gasteiger partial charge in [-0.1, -0.05) is 23.7 Å². The zero-order valence-electron chi connectivity index (χ0n) is 22.1. The fourth-order valence-electron chi connectivity index (χ4n) is 3.77. The number of ether oxygens (including phenoxy) is 2. The lowest BCUT2D eigenvalue weighted by Gasteiger charge is -2.17. The molecule has 1 amide bonds. The van der Waals surface area contributed by atoms with Crippen LogP contribution in [-0.4, -0.2) is 48.0 Å². The van der Waals surface area contributed by atoms with Gasteiger partial charge in [0.05, 0.1) is 46.1 Å². The fourth-order valence-corrected chi connectivity index (χ4v) is 4.00. The van der Waals surface area contributed by atoms with Gasteiger partial charge in [0.25, 0.3) is 0 Å². The second-order valence-corrected chi connectivity index (χ2v) is 9.33. The number of carbonyl (C=O) groups is 1. The molecule has 0 atom stereocenters. The SMILES string of the molecule is CCOc1cc2ncc(N)c(Nc3ccc(OCc4ccccn4)c(Cl)c3)c2cc1NC(=O)/C=C/CN(C)C. The van der Waals surface area contributed by atoms with Crippen LogP contribution in [0.5, 0.6) is 11.5 Å². The summed E-state index contributed by atoms with van der Waals surface area (Å²) in [6, 6.07) is 14.6. The molecule has 0 aliphatic carbocycles. The summed E-state index contributed by atoms with van der Waals surface area (Å²) in [4.78, 5) is 23.3. The zero-order chi connectivity index (χ0) is 27.8. The van der Waals surface area contributed by atoms with Crippen LogP contribution < -0.4 is 25.8 Å². The van der Waals surface area contributed by atoms with Crippen molar-refractivity contribution in [3.05, 3.63) is 83.8 Å². The van der Waals surface area contributed by atoms with Crippen LogP contribution in [0.1, 0.15) is 12.6 Å². The van der Waals surface area contributed by atoms with Gasteiger partial charge in [-0.25, -0.2) is 0 Å². The molecule has 0 saturated heterocycles. The summed E-state index contributed by atoms with van der Waals surface area (Å²) in [5.74, 6) is 0.783. The molecule has 2 aromatic carbocycles. The zero-order valence-corrected chi connectivity index (χ0v) is 22.8. The molecular weight excluding hydrogens is 516 g/mol. The third-order valence-electron chi connectivity index (χ3n) is 5.60. The minimum absolute atomic E-state index is 0.267. The molecule has 0 bridgehead atoms. The van der Waals surface area contributed by atoms with Crippen molar-refractivity contribution in [2.24, 2.45) is 0 Å². The van der Waals surface area contributed by atoms with Crippen LogP contribution in [0.3, 0.4) is 0 Å². The number of nitrogen functional groups attached to an aromatic ring is 1. The minimum Gasteiger partial charge on any atom is -0.492 e. The van der Waals surface area contributed by atoms with Gasteiger partial charge in [-0.05, 0) is 57.4 Å².